The Morgan fingerprint density at radius 2 is 1.53 bits per heavy atom. The summed E-state index contributed by atoms with van der Waals surface area (Å²) in [6.07, 6.45) is 6.04. The first kappa shape index (κ1) is 14.2. The first-order valence-electron chi connectivity index (χ1n) is 5.71. The van der Waals surface area contributed by atoms with Gasteiger partial charge in [-0.15, -0.1) is 0 Å². The first-order chi connectivity index (χ1) is 6.93. The third kappa shape index (κ3) is 8.17. The molecule has 0 saturated carbocycles. The minimum atomic E-state index is 0.277. The van der Waals surface area contributed by atoms with Gasteiger partial charge >= 0.3 is 0 Å². The number of hydrogen-bond acceptors (Lipinski definition) is 1. The quantitative estimate of drug-likeness (QED) is 0.590. The summed E-state index contributed by atoms with van der Waals surface area (Å²) in [5.41, 5.74) is 4.30. The molecule has 86 valence electrons. The van der Waals surface area contributed by atoms with Gasteiger partial charge in [-0.1, -0.05) is 22.8 Å². The summed E-state index contributed by atoms with van der Waals surface area (Å²) in [6, 6.07) is 0. The van der Waals surface area contributed by atoms with Gasteiger partial charge in [-0.3, -0.25) is 0 Å². The Balaban J connectivity index is 3.88. The molecule has 0 aliphatic heterocycles. The van der Waals surface area contributed by atoms with Crippen molar-refractivity contribution in [3.8, 4) is 0 Å². The standard InChI is InChI=1S/C14H24O/c1-11(2)13(4)10-9-12(3)7-6-8-14(5)15/h7H,6,8-10H2,1-5H3. The van der Waals surface area contributed by atoms with Crippen LogP contribution in [0.2, 0.25) is 0 Å². The van der Waals surface area contributed by atoms with Crippen LogP contribution in [0, 0.1) is 0 Å². The van der Waals surface area contributed by atoms with Crippen LogP contribution in [0.5, 0.6) is 0 Å². The van der Waals surface area contributed by atoms with Crippen LogP contribution in [0.25, 0.3) is 0 Å². The number of allylic oxidation sites excluding steroid dienone is 4. The van der Waals surface area contributed by atoms with Crippen LogP contribution in [0.3, 0.4) is 0 Å². The Morgan fingerprint density at radius 3 is 2.00 bits per heavy atom. The molecule has 0 N–H and O–H groups in total. The summed E-state index contributed by atoms with van der Waals surface area (Å²) in [7, 11) is 0. The lowest BCUT2D eigenvalue weighted by Gasteiger charge is -2.04. The molecule has 0 aromatic heterocycles. The molecule has 0 aliphatic rings. The Bertz CT molecular complexity index is 265. The molecule has 0 aromatic rings. The van der Waals surface area contributed by atoms with Gasteiger partial charge in [0.25, 0.3) is 0 Å². The van der Waals surface area contributed by atoms with Crippen LogP contribution in [0.4, 0.5) is 0 Å². The van der Waals surface area contributed by atoms with Gasteiger partial charge in [-0.25, -0.2) is 0 Å². The second-order valence-corrected chi connectivity index (χ2v) is 4.57. The molecular weight excluding hydrogens is 184 g/mol. The zero-order chi connectivity index (χ0) is 11.8. The molecule has 1 nitrogen and oxygen atoms in total. The summed E-state index contributed by atoms with van der Waals surface area (Å²) >= 11 is 0. The summed E-state index contributed by atoms with van der Waals surface area (Å²) < 4.78 is 0. The van der Waals surface area contributed by atoms with Gasteiger partial charge in [-0.05, 0) is 53.9 Å². The number of rotatable bonds is 6. The fraction of sp³-hybridized carbons (Fsp3) is 0.643. The van der Waals surface area contributed by atoms with Crippen molar-refractivity contribution in [1.29, 1.82) is 0 Å². The zero-order valence-corrected chi connectivity index (χ0v) is 10.8. The van der Waals surface area contributed by atoms with Crippen LogP contribution >= 0.6 is 0 Å². The Labute approximate surface area is 94.3 Å². The van der Waals surface area contributed by atoms with Crippen molar-refractivity contribution in [2.24, 2.45) is 0 Å². The molecule has 0 aromatic carbocycles. The summed E-state index contributed by atoms with van der Waals surface area (Å²) in [4.78, 5) is 10.7. The lowest BCUT2D eigenvalue weighted by atomic mass is 10.0. The SMILES string of the molecule is CC(=O)CCC=C(C)CCC(C)=C(C)C. The van der Waals surface area contributed by atoms with Crippen LogP contribution in [-0.2, 0) is 4.79 Å². The highest BCUT2D eigenvalue weighted by atomic mass is 16.1. The minimum Gasteiger partial charge on any atom is -0.300 e. The molecule has 0 atom stereocenters. The minimum absolute atomic E-state index is 0.277. The molecule has 0 aliphatic carbocycles. The molecule has 1 heteroatoms. The van der Waals surface area contributed by atoms with E-state index in [2.05, 4.69) is 33.8 Å². The van der Waals surface area contributed by atoms with E-state index in [-0.39, 0.29) is 5.78 Å². The van der Waals surface area contributed by atoms with E-state index in [0.717, 1.165) is 19.3 Å². The van der Waals surface area contributed by atoms with E-state index in [1.165, 1.54) is 16.7 Å². The first-order valence-corrected chi connectivity index (χ1v) is 5.71. The average molecular weight is 208 g/mol. The van der Waals surface area contributed by atoms with Gasteiger partial charge in [0, 0.05) is 6.42 Å². The predicted octanol–water partition coefficient (Wildman–Crippen LogP) is 4.44. The van der Waals surface area contributed by atoms with E-state index in [1.54, 1.807) is 6.92 Å². The molecule has 0 rings (SSSR count). The number of Topliss-reactive ketones (excluding diaryl/α,β-unsaturated/α-hetero) is 1. The third-order valence-electron chi connectivity index (χ3n) is 2.74. The molecule has 0 spiro atoms. The second kappa shape index (κ2) is 7.44. The highest BCUT2D eigenvalue weighted by Crippen LogP contribution is 2.14. The van der Waals surface area contributed by atoms with E-state index in [4.69, 9.17) is 0 Å². The largest absolute Gasteiger partial charge is 0.300 e. The molecule has 0 unspecified atom stereocenters. The van der Waals surface area contributed by atoms with E-state index >= 15 is 0 Å². The summed E-state index contributed by atoms with van der Waals surface area (Å²) in [6.45, 7) is 10.3. The van der Waals surface area contributed by atoms with E-state index < -0.39 is 0 Å². The molecule has 0 radical (unpaired) electrons. The highest BCUT2D eigenvalue weighted by molar-refractivity contribution is 5.75. The summed E-state index contributed by atoms with van der Waals surface area (Å²) in [5, 5.41) is 0. The lowest BCUT2D eigenvalue weighted by Crippen LogP contribution is -1.88. The number of carbonyl (C=O) groups is 1. The zero-order valence-electron chi connectivity index (χ0n) is 10.8. The van der Waals surface area contributed by atoms with Crippen molar-refractivity contribution in [2.75, 3.05) is 0 Å². The number of ketones is 1. The van der Waals surface area contributed by atoms with Gasteiger partial charge < -0.3 is 4.79 Å². The fourth-order valence-corrected chi connectivity index (χ4v) is 1.26. The second-order valence-electron chi connectivity index (χ2n) is 4.57. The molecule has 15 heavy (non-hydrogen) atoms. The average Bonchev–Trinajstić information content (AvgIpc) is 2.13. The number of carbonyl (C=O) groups excluding carboxylic acids is 1. The van der Waals surface area contributed by atoms with Crippen molar-refractivity contribution in [3.63, 3.8) is 0 Å². The smallest absolute Gasteiger partial charge is 0.130 e. The maximum Gasteiger partial charge on any atom is 0.130 e. The van der Waals surface area contributed by atoms with Crippen molar-refractivity contribution in [2.45, 2.75) is 60.3 Å². The van der Waals surface area contributed by atoms with Crippen molar-refractivity contribution < 1.29 is 4.79 Å². The lowest BCUT2D eigenvalue weighted by molar-refractivity contribution is -0.116. The van der Waals surface area contributed by atoms with Crippen LogP contribution in [0.1, 0.15) is 60.3 Å². The van der Waals surface area contributed by atoms with Gasteiger partial charge in [0.15, 0.2) is 0 Å². The van der Waals surface area contributed by atoms with Crippen molar-refractivity contribution >= 4 is 5.78 Å². The van der Waals surface area contributed by atoms with E-state index in [1.807, 2.05) is 0 Å². The van der Waals surface area contributed by atoms with Crippen LogP contribution in [-0.4, -0.2) is 5.78 Å². The van der Waals surface area contributed by atoms with E-state index in [9.17, 15) is 4.79 Å². The Morgan fingerprint density at radius 1 is 0.933 bits per heavy atom. The normalized spacial score (nSPS) is 11.4. The molecule has 0 amide bonds. The monoisotopic (exact) mass is 208 g/mol. The van der Waals surface area contributed by atoms with Crippen molar-refractivity contribution in [1.82, 2.24) is 0 Å². The van der Waals surface area contributed by atoms with Gasteiger partial charge in [0.2, 0.25) is 0 Å². The van der Waals surface area contributed by atoms with Crippen LogP contribution in [0.15, 0.2) is 22.8 Å². The van der Waals surface area contributed by atoms with E-state index in [0.29, 0.717) is 6.42 Å². The topological polar surface area (TPSA) is 17.1 Å². The maximum absolute atomic E-state index is 10.7. The molecule has 0 saturated heterocycles. The molecular formula is C14H24O. The third-order valence-corrected chi connectivity index (χ3v) is 2.74. The molecule has 0 fully saturated rings. The summed E-state index contributed by atoms with van der Waals surface area (Å²) in [5.74, 6) is 0.277. The van der Waals surface area contributed by atoms with Gasteiger partial charge in [-0.2, -0.15) is 0 Å². The van der Waals surface area contributed by atoms with Gasteiger partial charge in [0.05, 0.1) is 0 Å². The maximum atomic E-state index is 10.7. The Kier molecular flexibility index (Phi) is 7.02. The van der Waals surface area contributed by atoms with Gasteiger partial charge in [0.1, 0.15) is 5.78 Å². The fourth-order valence-electron chi connectivity index (χ4n) is 1.26. The van der Waals surface area contributed by atoms with Crippen molar-refractivity contribution in [3.05, 3.63) is 22.8 Å². The molecule has 0 bridgehead atoms. The highest BCUT2D eigenvalue weighted by Gasteiger charge is 1.96. The van der Waals surface area contributed by atoms with Crippen LogP contribution < -0.4 is 0 Å². The molecule has 0 heterocycles. The number of hydrogen-bond donors (Lipinski definition) is 0. The Hall–Kier alpha value is -0.850. The predicted molar refractivity (Wildman–Crippen MR) is 67.0 cm³/mol.